The second kappa shape index (κ2) is 6.88. The number of esters is 1. The van der Waals surface area contributed by atoms with Crippen LogP contribution in [0.1, 0.15) is 39.0 Å². The fraction of sp³-hybridized carbons (Fsp3) is 0.727. The summed E-state index contributed by atoms with van der Waals surface area (Å²) in [5, 5.41) is 0. The highest BCUT2D eigenvalue weighted by atomic mass is 16.5. The topological polar surface area (TPSA) is 84.5 Å². The van der Waals surface area contributed by atoms with E-state index in [2.05, 4.69) is 15.6 Å². The molecule has 1 aliphatic carbocycles. The van der Waals surface area contributed by atoms with Gasteiger partial charge in [-0.1, -0.05) is 19.3 Å². The maximum absolute atomic E-state index is 11.6. The van der Waals surface area contributed by atoms with Gasteiger partial charge in [-0.25, -0.2) is 4.79 Å². The van der Waals surface area contributed by atoms with E-state index in [1.807, 2.05) is 0 Å². The quantitative estimate of drug-likeness (QED) is 0.414. The van der Waals surface area contributed by atoms with E-state index in [1.54, 1.807) is 6.92 Å². The first-order chi connectivity index (χ1) is 8.15. The summed E-state index contributed by atoms with van der Waals surface area (Å²) in [7, 11) is 0. The van der Waals surface area contributed by atoms with Crippen molar-refractivity contribution in [1.29, 1.82) is 0 Å². The third-order valence-electron chi connectivity index (χ3n) is 2.74. The highest BCUT2D eigenvalue weighted by molar-refractivity contribution is 6.32. The van der Waals surface area contributed by atoms with E-state index < -0.39 is 11.9 Å². The minimum Gasteiger partial charge on any atom is -0.459 e. The number of ether oxygens (including phenoxy) is 1. The second-order valence-corrected chi connectivity index (χ2v) is 4.00. The summed E-state index contributed by atoms with van der Waals surface area (Å²) in [6.07, 6.45) is 4.88. The molecule has 6 heteroatoms. The Morgan fingerprint density at radius 2 is 1.76 bits per heavy atom. The molecule has 0 radical (unpaired) electrons. The van der Waals surface area contributed by atoms with Crippen LogP contribution in [-0.2, 0) is 19.1 Å². The molecule has 0 aromatic heterocycles. The zero-order valence-electron chi connectivity index (χ0n) is 9.95. The van der Waals surface area contributed by atoms with Gasteiger partial charge in [0.1, 0.15) is 0 Å². The Kier molecular flexibility index (Phi) is 5.45. The van der Waals surface area contributed by atoms with Crippen molar-refractivity contribution < 1.29 is 19.1 Å². The van der Waals surface area contributed by atoms with Crippen molar-refractivity contribution in [2.75, 3.05) is 6.61 Å². The number of amides is 2. The van der Waals surface area contributed by atoms with E-state index in [0.29, 0.717) is 0 Å². The molecule has 0 atom stereocenters. The minimum atomic E-state index is -0.989. The average molecular weight is 242 g/mol. The lowest BCUT2D eigenvalue weighted by Crippen LogP contribution is -2.47. The first-order valence-corrected chi connectivity index (χ1v) is 5.92. The van der Waals surface area contributed by atoms with E-state index in [0.717, 1.165) is 32.1 Å². The van der Waals surface area contributed by atoms with Crippen molar-refractivity contribution >= 4 is 17.8 Å². The van der Waals surface area contributed by atoms with Gasteiger partial charge in [0.15, 0.2) is 0 Å². The standard InChI is InChI=1S/C11H18N2O4/c1-2-17-11(16)10(15)13-12-9(14)8-6-4-3-5-7-8/h8H,2-7H2,1H3,(H,12,14)(H,13,15). The van der Waals surface area contributed by atoms with E-state index in [1.165, 1.54) is 0 Å². The summed E-state index contributed by atoms with van der Waals surface area (Å²) in [5.41, 5.74) is 4.30. The summed E-state index contributed by atoms with van der Waals surface area (Å²) < 4.78 is 4.48. The predicted octanol–water partition coefficient (Wildman–Crippen LogP) is 0.277. The molecule has 6 nitrogen and oxygen atoms in total. The summed E-state index contributed by atoms with van der Waals surface area (Å²) in [4.78, 5) is 33.7. The molecule has 0 saturated heterocycles. The normalized spacial score (nSPS) is 16.1. The lowest BCUT2D eigenvalue weighted by Gasteiger charge is -2.20. The van der Waals surface area contributed by atoms with E-state index in [9.17, 15) is 14.4 Å². The number of hydrogen-bond acceptors (Lipinski definition) is 4. The highest BCUT2D eigenvalue weighted by Crippen LogP contribution is 2.23. The number of rotatable bonds is 2. The number of hydrazine groups is 1. The molecule has 0 aliphatic heterocycles. The Bertz CT molecular complexity index is 298. The second-order valence-electron chi connectivity index (χ2n) is 4.00. The molecule has 2 N–H and O–H groups in total. The van der Waals surface area contributed by atoms with Gasteiger partial charge in [-0.15, -0.1) is 0 Å². The van der Waals surface area contributed by atoms with Gasteiger partial charge in [0.2, 0.25) is 5.91 Å². The maximum atomic E-state index is 11.6. The lowest BCUT2D eigenvalue weighted by molar-refractivity contribution is -0.155. The van der Waals surface area contributed by atoms with Crippen molar-refractivity contribution in [1.82, 2.24) is 10.9 Å². The zero-order chi connectivity index (χ0) is 12.7. The Morgan fingerprint density at radius 1 is 1.12 bits per heavy atom. The van der Waals surface area contributed by atoms with Gasteiger partial charge in [-0.2, -0.15) is 0 Å². The van der Waals surface area contributed by atoms with Gasteiger partial charge < -0.3 is 4.74 Å². The first kappa shape index (κ1) is 13.5. The average Bonchev–Trinajstić information content (AvgIpc) is 2.36. The van der Waals surface area contributed by atoms with Crippen molar-refractivity contribution in [3.63, 3.8) is 0 Å². The fourth-order valence-electron chi connectivity index (χ4n) is 1.83. The monoisotopic (exact) mass is 242 g/mol. The molecule has 96 valence electrons. The summed E-state index contributed by atoms with van der Waals surface area (Å²) >= 11 is 0. The Morgan fingerprint density at radius 3 is 2.35 bits per heavy atom. The minimum absolute atomic E-state index is 0.0637. The number of carbonyl (C=O) groups excluding carboxylic acids is 3. The molecule has 0 unspecified atom stereocenters. The van der Waals surface area contributed by atoms with Crippen LogP contribution in [0, 0.1) is 5.92 Å². The summed E-state index contributed by atoms with van der Waals surface area (Å²) in [6, 6.07) is 0. The SMILES string of the molecule is CCOC(=O)C(=O)NNC(=O)C1CCCCC1. The van der Waals surface area contributed by atoms with Crippen molar-refractivity contribution in [3.05, 3.63) is 0 Å². The third-order valence-corrected chi connectivity index (χ3v) is 2.74. The van der Waals surface area contributed by atoms with Crippen LogP contribution >= 0.6 is 0 Å². The van der Waals surface area contributed by atoms with Crippen LogP contribution in [0.4, 0.5) is 0 Å². The maximum Gasteiger partial charge on any atom is 0.398 e. The molecular formula is C11H18N2O4. The van der Waals surface area contributed by atoms with Gasteiger partial charge in [-0.05, 0) is 19.8 Å². The first-order valence-electron chi connectivity index (χ1n) is 5.92. The van der Waals surface area contributed by atoms with Gasteiger partial charge in [0.05, 0.1) is 6.61 Å². The molecule has 1 aliphatic rings. The van der Waals surface area contributed by atoms with E-state index in [-0.39, 0.29) is 18.4 Å². The van der Waals surface area contributed by atoms with Gasteiger partial charge >= 0.3 is 11.9 Å². The third kappa shape index (κ3) is 4.42. The van der Waals surface area contributed by atoms with Crippen LogP contribution in [0.2, 0.25) is 0 Å². The van der Waals surface area contributed by atoms with E-state index >= 15 is 0 Å². The van der Waals surface area contributed by atoms with Crippen molar-refractivity contribution in [2.24, 2.45) is 5.92 Å². The largest absolute Gasteiger partial charge is 0.459 e. The smallest absolute Gasteiger partial charge is 0.398 e. The molecule has 0 bridgehead atoms. The molecule has 1 rings (SSSR count). The predicted molar refractivity (Wildman–Crippen MR) is 59.5 cm³/mol. The Labute approximate surface area is 100 Å². The van der Waals surface area contributed by atoms with Crippen LogP contribution in [0.3, 0.4) is 0 Å². The van der Waals surface area contributed by atoms with Gasteiger partial charge in [-0.3, -0.25) is 20.4 Å². The molecule has 0 aromatic rings. The molecule has 17 heavy (non-hydrogen) atoms. The molecule has 0 spiro atoms. The Hall–Kier alpha value is -1.59. The number of hydrogen-bond donors (Lipinski definition) is 2. The Balaban J connectivity index is 2.27. The van der Waals surface area contributed by atoms with Crippen molar-refractivity contribution in [2.45, 2.75) is 39.0 Å². The van der Waals surface area contributed by atoms with E-state index in [4.69, 9.17) is 0 Å². The highest BCUT2D eigenvalue weighted by Gasteiger charge is 2.22. The molecular weight excluding hydrogens is 224 g/mol. The van der Waals surface area contributed by atoms with Crippen LogP contribution in [0.5, 0.6) is 0 Å². The fourth-order valence-corrected chi connectivity index (χ4v) is 1.83. The van der Waals surface area contributed by atoms with Crippen LogP contribution in [0.15, 0.2) is 0 Å². The summed E-state index contributed by atoms with van der Waals surface area (Å²) in [6.45, 7) is 1.73. The van der Waals surface area contributed by atoms with Gasteiger partial charge in [0, 0.05) is 5.92 Å². The molecule has 0 aromatic carbocycles. The van der Waals surface area contributed by atoms with Crippen LogP contribution in [0.25, 0.3) is 0 Å². The summed E-state index contributed by atoms with van der Waals surface area (Å²) in [5.74, 6) is -2.24. The number of nitrogens with one attached hydrogen (secondary N) is 2. The molecule has 0 heterocycles. The van der Waals surface area contributed by atoms with Crippen LogP contribution < -0.4 is 10.9 Å². The zero-order valence-corrected chi connectivity index (χ0v) is 9.95. The number of carbonyl (C=O) groups is 3. The molecule has 2 amide bonds. The molecule has 1 fully saturated rings. The van der Waals surface area contributed by atoms with Crippen molar-refractivity contribution in [3.8, 4) is 0 Å². The van der Waals surface area contributed by atoms with Gasteiger partial charge in [0.25, 0.3) is 0 Å². The molecule has 1 saturated carbocycles. The van der Waals surface area contributed by atoms with Crippen LogP contribution in [-0.4, -0.2) is 24.4 Å². The lowest BCUT2D eigenvalue weighted by atomic mass is 9.89.